The summed E-state index contributed by atoms with van der Waals surface area (Å²) in [4.78, 5) is 0. The van der Waals surface area contributed by atoms with Crippen LogP contribution >= 0.6 is 0 Å². The summed E-state index contributed by atoms with van der Waals surface area (Å²) in [6.45, 7) is 6.61. The summed E-state index contributed by atoms with van der Waals surface area (Å²) in [5.74, 6) is 0. The van der Waals surface area contributed by atoms with Crippen molar-refractivity contribution in [2.45, 2.75) is 121 Å². The Bertz CT molecular complexity index is 626. The average Bonchev–Trinajstić information content (AvgIpc) is 2.99. The van der Waals surface area contributed by atoms with E-state index in [0.29, 0.717) is 19.8 Å². The minimum Gasteiger partial charge on any atom is -0.379 e. The van der Waals surface area contributed by atoms with E-state index in [-0.39, 0.29) is 18.7 Å². The highest BCUT2D eigenvalue weighted by molar-refractivity contribution is 5.22. The maximum atomic E-state index is 6.18. The fourth-order valence-electron chi connectivity index (χ4n) is 5.02. The Labute approximate surface area is 237 Å². The molecule has 2 aliphatic heterocycles. The summed E-state index contributed by atoms with van der Waals surface area (Å²) in [6, 6.07) is 0. The van der Waals surface area contributed by atoms with E-state index < -0.39 is 0 Å². The Morgan fingerprint density at radius 2 is 1.28 bits per heavy atom. The van der Waals surface area contributed by atoms with Crippen LogP contribution < -0.4 is 0 Å². The third-order valence-corrected chi connectivity index (χ3v) is 7.41. The van der Waals surface area contributed by atoms with Gasteiger partial charge in [-0.1, -0.05) is 43.9 Å². The van der Waals surface area contributed by atoms with Crippen molar-refractivity contribution < 1.29 is 33.2 Å². The molecule has 2 heterocycles. The first kappa shape index (κ1) is 32.7. The minimum absolute atomic E-state index is 0.0196. The molecule has 3 unspecified atom stereocenters. The third-order valence-electron chi connectivity index (χ3n) is 7.41. The zero-order chi connectivity index (χ0) is 27.1. The predicted molar refractivity (Wildman–Crippen MR) is 154 cm³/mol. The van der Waals surface area contributed by atoms with Gasteiger partial charge < -0.3 is 33.2 Å². The molecule has 0 bridgehead atoms. The van der Waals surface area contributed by atoms with Gasteiger partial charge in [0, 0.05) is 39.6 Å². The van der Waals surface area contributed by atoms with Crippen LogP contribution in [-0.4, -0.2) is 78.1 Å². The summed E-state index contributed by atoms with van der Waals surface area (Å²) in [5, 5.41) is 0. The lowest BCUT2D eigenvalue weighted by Crippen LogP contribution is -2.27. The molecule has 2 fully saturated rings. The Morgan fingerprint density at radius 1 is 0.667 bits per heavy atom. The first-order chi connectivity index (χ1) is 19.4. The van der Waals surface area contributed by atoms with Crippen LogP contribution in [0.1, 0.15) is 103 Å². The molecule has 0 radical (unpaired) electrons. The molecule has 7 heteroatoms. The topological polar surface area (TPSA) is 64.6 Å². The summed E-state index contributed by atoms with van der Waals surface area (Å²) in [7, 11) is 0. The van der Waals surface area contributed by atoms with Crippen molar-refractivity contribution in [2.24, 2.45) is 0 Å². The number of unbranched alkanes of at least 4 members (excludes halogenated alkanes) is 6. The van der Waals surface area contributed by atoms with Gasteiger partial charge in [0.25, 0.3) is 0 Å². The van der Waals surface area contributed by atoms with Crippen LogP contribution in [-0.2, 0) is 33.2 Å². The zero-order valence-corrected chi connectivity index (χ0v) is 24.5. The van der Waals surface area contributed by atoms with Gasteiger partial charge in [-0.05, 0) is 82.6 Å². The van der Waals surface area contributed by atoms with Gasteiger partial charge in [0.2, 0.25) is 0 Å². The van der Waals surface area contributed by atoms with Crippen LogP contribution in [0.4, 0.5) is 0 Å². The van der Waals surface area contributed by atoms with E-state index in [0.717, 1.165) is 110 Å². The van der Waals surface area contributed by atoms with Crippen LogP contribution in [0.2, 0.25) is 0 Å². The molecule has 3 atom stereocenters. The van der Waals surface area contributed by atoms with Gasteiger partial charge in [0.1, 0.15) is 6.10 Å². The van der Waals surface area contributed by atoms with Crippen molar-refractivity contribution >= 4 is 0 Å². The van der Waals surface area contributed by atoms with Crippen molar-refractivity contribution in [3.8, 4) is 0 Å². The van der Waals surface area contributed by atoms with Gasteiger partial charge in [-0.15, -0.1) is 0 Å². The predicted octanol–water partition coefficient (Wildman–Crippen LogP) is 6.89. The van der Waals surface area contributed by atoms with Gasteiger partial charge in [0.15, 0.2) is 12.6 Å². The Morgan fingerprint density at radius 3 is 1.87 bits per heavy atom. The molecule has 7 nitrogen and oxygen atoms in total. The summed E-state index contributed by atoms with van der Waals surface area (Å²) in [6.07, 6.45) is 24.7. The number of ether oxygens (including phenoxy) is 7. The second-order valence-corrected chi connectivity index (χ2v) is 11.0. The molecule has 2 saturated heterocycles. The zero-order valence-electron chi connectivity index (χ0n) is 24.5. The fraction of sp³-hybridized carbons (Fsp3) is 0.875. The van der Waals surface area contributed by atoms with E-state index in [1.165, 1.54) is 37.7 Å². The molecule has 0 aromatic rings. The van der Waals surface area contributed by atoms with Crippen molar-refractivity contribution in [1.29, 1.82) is 0 Å². The van der Waals surface area contributed by atoms with E-state index in [9.17, 15) is 0 Å². The monoisotopic (exact) mass is 552 g/mol. The molecular formula is C32H56O7. The molecule has 1 aliphatic carbocycles. The Hall–Kier alpha value is -0.800. The van der Waals surface area contributed by atoms with Crippen LogP contribution in [0.15, 0.2) is 23.8 Å². The Balaban J connectivity index is 1.18. The number of rotatable bonds is 23. The molecule has 39 heavy (non-hydrogen) atoms. The average molecular weight is 553 g/mol. The van der Waals surface area contributed by atoms with Crippen molar-refractivity contribution in [3.63, 3.8) is 0 Å². The molecular weight excluding hydrogens is 496 g/mol. The van der Waals surface area contributed by atoms with Gasteiger partial charge in [-0.25, -0.2) is 0 Å². The molecule has 3 aliphatic rings. The molecule has 0 N–H and O–H groups in total. The third kappa shape index (κ3) is 16.9. The summed E-state index contributed by atoms with van der Waals surface area (Å²) in [5.41, 5.74) is 1.26. The van der Waals surface area contributed by atoms with E-state index in [1.54, 1.807) is 0 Å². The smallest absolute Gasteiger partial charge is 0.157 e. The van der Waals surface area contributed by atoms with Gasteiger partial charge in [-0.3, -0.25) is 0 Å². The van der Waals surface area contributed by atoms with Gasteiger partial charge in [-0.2, -0.15) is 0 Å². The van der Waals surface area contributed by atoms with Crippen molar-refractivity contribution in [1.82, 2.24) is 0 Å². The van der Waals surface area contributed by atoms with Gasteiger partial charge >= 0.3 is 0 Å². The van der Waals surface area contributed by atoms with E-state index >= 15 is 0 Å². The highest BCUT2D eigenvalue weighted by Gasteiger charge is 2.15. The maximum absolute atomic E-state index is 6.18. The Kier molecular flexibility index (Phi) is 19.2. The molecule has 0 amide bonds. The highest BCUT2D eigenvalue weighted by Crippen LogP contribution is 2.16. The lowest BCUT2D eigenvalue weighted by molar-refractivity contribution is -0.163. The normalized spacial score (nSPS) is 22.6. The number of hydrogen-bond donors (Lipinski definition) is 0. The lowest BCUT2D eigenvalue weighted by atomic mass is 10.1. The standard InChI is InChI=1S/C32H56O7/c1(2-12-22-36-31-18-8-14-24-38-31)10-20-33-27-30(28-34-26-29-16-6-5-7-17-29)35-21-11-3-4-13-23-37-32-19-9-15-25-39-32/h6,16-17,30-32H,1-5,7-15,18-28H2. The summed E-state index contributed by atoms with van der Waals surface area (Å²) >= 11 is 0. The van der Waals surface area contributed by atoms with Crippen LogP contribution in [0.5, 0.6) is 0 Å². The molecule has 226 valence electrons. The highest BCUT2D eigenvalue weighted by atomic mass is 16.7. The van der Waals surface area contributed by atoms with Crippen LogP contribution in [0.3, 0.4) is 0 Å². The first-order valence-corrected chi connectivity index (χ1v) is 16.0. The molecule has 0 saturated carbocycles. The molecule has 3 rings (SSSR count). The quantitative estimate of drug-likeness (QED) is 0.128. The molecule has 0 aromatic carbocycles. The lowest BCUT2D eigenvalue weighted by Gasteiger charge is -2.22. The van der Waals surface area contributed by atoms with E-state index in [4.69, 9.17) is 33.2 Å². The van der Waals surface area contributed by atoms with Crippen LogP contribution in [0.25, 0.3) is 0 Å². The summed E-state index contributed by atoms with van der Waals surface area (Å²) < 4.78 is 41.1. The largest absolute Gasteiger partial charge is 0.379 e. The minimum atomic E-state index is -0.0196. The van der Waals surface area contributed by atoms with E-state index in [1.807, 2.05) is 0 Å². The second kappa shape index (κ2) is 22.8. The molecule has 0 aromatic heterocycles. The second-order valence-electron chi connectivity index (χ2n) is 11.0. The van der Waals surface area contributed by atoms with Crippen LogP contribution in [0, 0.1) is 0 Å². The van der Waals surface area contributed by atoms with Crippen molar-refractivity contribution in [3.05, 3.63) is 23.8 Å². The SMILES string of the molecule is C1=CC(COCC(COCCCCCCOC2CCCCO2)OCCCCCCOC2CCCCO2)=CCC1. The number of hydrogen-bond acceptors (Lipinski definition) is 7. The molecule has 0 spiro atoms. The first-order valence-electron chi connectivity index (χ1n) is 16.0. The van der Waals surface area contributed by atoms with E-state index in [2.05, 4.69) is 18.2 Å². The maximum Gasteiger partial charge on any atom is 0.157 e. The van der Waals surface area contributed by atoms with Gasteiger partial charge in [0.05, 0.1) is 19.8 Å². The number of allylic oxidation sites excluding steroid dienone is 2. The van der Waals surface area contributed by atoms with Crippen molar-refractivity contribution in [2.75, 3.05) is 59.5 Å². The fourth-order valence-corrected chi connectivity index (χ4v) is 5.02.